The molecule has 7 nitrogen and oxygen atoms in total. The Hall–Kier alpha value is -3.66. The standard InChI is InChI=1S/C19H18N6O/c1-2-15(18(21)26)24-17-8-5-13(11-20)19(25-17)23-14-6-7-16-12(10-14)4-3-9-22-16/h3-10,15H,2H2,1H3,(H2,21,26)(H2,23,24,25). The van der Waals surface area contributed by atoms with Crippen molar-refractivity contribution in [1.29, 1.82) is 5.26 Å². The SMILES string of the molecule is CCC(Nc1ccc(C#N)c(Nc2ccc3ncccc3c2)n1)C(N)=O. The summed E-state index contributed by atoms with van der Waals surface area (Å²) in [6.07, 6.45) is 2.28. The minimum absolute atomic E-state index is 0.397. The summed E-state index contributed by atoms with van der Waals surface area (Å²) in [7, 11) is 0. The van der Waals surface area contributed by atoms with Gasteiger partial charge in [-0.25, -0.2) is 4.98 Å². The number of aromatic nitrogens is 2. The van der Waals surface area contributed by atoms with Crippen LogP contribution < -0.4 is 16.4 Å². The molecule has 2 aromatic heterocycles. The van der Waals surface area contributed by atoms with Gasteiger partial charge in [0.25, 0.3) is 0 Å². The molecule has 1 unspecified atom stereocenters. The van der Waals surface area contributed by atoms with E-state index in [-0.39, 0.29) is 0 Å². The van der Waals surface area contributed by atoms with Crippen molar-refractivity contribution in [3.63, 3.8) is 0 Å². The summed E-state index contributed by atoms with van der Waals surface area (Å²) in [5.41, 5.74) is 7.43. The lowest BCUT2D eigenvalue weighted by Gasteiger charge is -2.15. The third-order valence-corrected chi connectivity index (χ3v) is 3.96. The van der Waals surface area contributed by atoms with Crippen LogP contribution in [0.15, 0.2) is 48.7 Å². The van der Waals surface area contributed by atoms with Gasteiger partial charge in [-0.3, -0.25) is 9.78 Å². The van der Waals surface area contributed by atoms with Crippen LogP contribution in [0.25, 0.3) is 10.9 Å². The average Bonchev–Trinajstić information content (AvgIpc) is 2.66. The number of pyridine rings is 2. The lowest BCUT2D eigenvalue weighted by Crippen LogP contribution is -2.35. The molecule has 7 heteroatoms. The second-order valence-electron chi connectivity index (χ2n) is 5.75. The van der Waals surface area contributed by atoms with E-state index in [1.165, 1.54) is 0 Å². The first-order valence-electron chi connectivity index (χ1n) is 8.19. The lowest BCUT2D eigenvalue weighted by atomic mass is 10.2. The highest BCUT2D eigenvalue weighted by atomic mass is 16.1. The lowest BCUT2D eigenvalue weighted by molar-refractivity contribution is -0.118. The van der Waals surface area contributed by atoms with Gasteiger partial charge in [0, 0.05) is 17.3 Å². The van der Waals surface area contributed by atoms with Gasteiger partial charge in [0.05, 0.1) is 11.1 Å². The van der Waals surface area contributed by atoms with Crippen LogP contribution in [0.2, 0.25) is 0 Å². The molecule has 0 radical (unpaired) electrons. The van der Waals surface area contributed by atoms with E-state index >= 15 is 0 Å². The first kappa shape index (κ1) is 17.2. The molecule has 0 saturated heterocycles. The molecular formula is C19H18N6O. The molecule has 26 heavy (non-hydrogen) atoms. The molecule has 4 N–H and O–H groups in total. The Balaban J connectivity index is 1.90. The Labute approximate surface area is 150 Å². The predicted molar refractivity (Wildman–Crippen MR) is 101 cm³/mol. The summed E-state index contributed by atoms with van der Waals surface area (Å²) in [6.45, 7) is 1.86. The maximum absolute atomic E-state index is 11.4. The molecule has 0 aliphatic carbocycles. The van der Waals surface area contributed by atoms with Crippen LogP contribution in [0.5, 0.6) is 0 Å². The minimum Gasteiger partial charge on any atom is -0.368 e. The molecule has 1 aromatic carbocycles. The molecule has 0 bridgehead atoms. The van der Waals surface area contributed by atoms with Gasteiger partial charge in [-0.15, -0.1) is 0 Å². The van der Waals surface area contributed by atoms with Crippen LogP contribution in [0.4, 0.5) is 17.3 Å². The predicted octanol–water partition coefficient (Wildman–Crippen LogP) is 2.92. The van der Waals surface area contributed by atoms with E-state index in [1.807, 2.05) is 37.3 Å². The molecule has 0 spiro atoms. The monoisotopic (exact) mass is 346 g/mol. The highest BCUT2D eigenvalue weighted by Crippen LogP contribution is 2.24. The fourth-order valence-electron chi connectivity index (χ4n) is 2.57. The number of nitrogens with one attached hydrogen (secondary N) is 2. The molecule has 1 amide bonds. The number of nitrogens with zero attached hydrogens (tertiary/aromatic N) is 3. The molecule has 0 aliphatic rings. The van der Waals surface area contributed by atoms with Crippen LogP contribution >= 0.6 is 0 Å². The van der Waals surface area contributed by atoms with Crippen molar-refractivity contribution >= 4 is 34.1 Å². The van der Waals surface area contributed by atoms with Gasteiger partial charge in [0.1, 0.15) is 17.9 Å². The van der Waals surface area contributed by atoms with E-state index in [2.05, 4.69) is 26.7 Å². The number of primary amides is 1. The number of rotatable bonds is 6. The number of anilines is 3. The van der Waals surface area contributed by atoms with Crippen LogP contribution in [-0.4, -0.2) is 21.9 Å². The summed E-state index contributed by atoms with van der Waals surface area (Å²) in [5, 5.41) is 16.5. The van der Waals surface area contributed by atoms with Gasteiger partial charge >= 0.3 is 0 Å². The zero-order valence-electron chi connectivity index (χ0n) is 14.2. The maximum atomic E-state index is 11.4. The Kier molecular flexibility index (Phi) is 4.94. The molecule has 0 aliphatic heterocycles. The second-order valence-corrected chi connectivity index (χ2v) is 5.75. The number of amides is 1. The quantitative estimate of drug-likeness (QED) is 0.632. The first-order valence-corrected chi connectivity index (χ1v) is 8.19. The number of benzene rings is 1. The Morgan fingerprint density at radius 1 is 1.31 bits per heavy atom. The summed E-state index contributed by atoms with van der Waals surface area (Å²) in [5.74, 6) is 0.426. The van der Waals surface area contributed by atoms with E-state index in [9.17, 15) is 10.1 Å². The maximum Gasteiger partial charge on any atom is 0.239 e. The fraction of sp³-hybridized carbons (Fsp3) is 0.158. The minimum atomic E-state index is -0.518. The van der Waals surface area contributed by atoms with Crippen LogP contribution in [0, 0.1) is 11.3 Å². The van der Waals surface area contributed by atoms with Crippen LogP contribution in [-0.2, 0) is 4.79 Å². The van der Waals surface area contributed by atoms with Gasteiger partial charge in [-0.1, -0.05) is 13.0 Å². The first-order chi connectivity index (χ1) is 12.6. The largest absolute Gasteiger partial charge is 0.368 e. The molecular weight excluding hydrogens is 328 g/mol. The number of nitriles is 1. The van der Waals surface area contributed by atoms with Gasteiger partial charge in [-0.05, 0) is 42.8 Å². The number of carbonyl (C=O) groups is 1. The zero-order chi connectivity index (χ0) is 18.5. The van der Waals surface area contributed by atoms with Gasteiger partial charge in [0.2, 0.25) is 5.91 Å². The van der Waals surface area contributed by atoms with Crippen molar-refractivity contribution in [1.82, 2.24) is 9.97 Å². The van der Waals surface area contributed by atoms with Crippen molar-refractivity contribution in [2.75, 3.05) is 10.6 Å². The van der Waals surface area contributed by atoms with Gasteiger partial charge in [0.15, 0.2) is 5.82 Å². The van der Waals surface area contributed by atoms with E-state index in [1.54, 1.807) is 18.3 Å². The molecule has 0 fully saturated rings. The molecule has 2 heterocycles. The normalized spacial score (nSPS) is 11.5. The molecule has 3 rings (SSSR count). The number of hydrogen-bond donors (Lipinski definition) is 3. The van der Waals surface area contributed by atoms with Crippen molar-refractivity contribution in [2.45, 2.75) is 19.4 Å². The Morgan fingerprint density at radius 3 is 2.88 bits per heavy atom. The van der Waals surface area contributed by atoms with Crippen molar-refractivity contribution < 1.29 is 4.79 Å². The highest BCUT2D eigenvalue weighted by Gasteiger charge is 2.14. The van der Waals surface area contributed by atoms with Crippen molar-refractivity contribution in [2.24, 2.45) is 5.73 Å². The second kappa shape index (κ2) is 7.49. The summed E-state index contributed by atoms with van der Waals surface area (Å²) < 4.78 is 0. The summed E-state index contributed by atoms with van der Waals surface area (Å²) in [4.78, 5) is 20.1. The topological polar surface area (TPSA) is 117 Å². The zero-order valence-corrected chi connectivity index (χ0v) is 14.2. The van der Waals surface area contributed by atoms with Crippen LogP contribution in [0.3, 0.4) is 0 Å². The molecule has 130 valence electrons. The fourth-order valence-corrected chi connectivity index (χ4v) is 2.57. The number of hydrogen-bond acceptors (Lipinski definition) is 6. The van der Waals surface area contributed by atoms with E-state index in [4.69, 9.17) is 5.73 Å². The van der Waals surface area contributed by atoms with E-state index in [0.29, 0.717) is 23.6 Å². The van der Waals surface area contributed by atoms with Crippen molar-refractivity contribution in [3.8, 4) is 6.07 Å². The Morgan fingerprint density at radius 2 is 2.15 bits per heavy atom. The molecule has 1 atom stereocenters. The average molecular weight is 346 g/mol. The number of carbonyl (C=O) groups excluding carboxylic acids is 1. The van der Waals surface area contributed by atoms with Gasteiger partial charge in [-0.2, -0.15) is 5.26 Å². The Bertz CT molecular complexity index is 995. The highest BCUT2D eigenvalue weighted by molar-refractivity contribution is 5.84. The van der Waals surface area contributed by atoms with Crippen molar-refractivity contribution in [3.05, 3.63) is 54.2 Å². The number of fused-ring (bicyclic) bond motifs is 1. The summed E-state index contributed by atoms with van der Waals surface area (Å²) >= 11 is 0. The molecule has 3 aromatic rings. The summed E-state index contributed by atoms with van der Waals surface area (Å²) in [6, 6.07) is 14.4. The van der Waals surface area contributed by atoms with Crippen LogP contribution in [0.1, 0.15) is 18.9 Å². The van der Waals surface area contributed by atoms with E-state index in [0.717, 1.165) is 16.6 Å². The van der Waals surface area contributed by atoms with Gasteiger partial charge < -0.3 is 16.4 Å². The van der Waals surface area contributed by atoms with E-state index < -0.39 is 11.9 Å². The number of nitrogens with two attached hydrogens (primary N) is 1. The third-order valence-electron chi connectivity index (χ3n) is 3.96. The third kappa shape index (κ3) is 3.70. The molecule has 0 saturated carbocycles. The smallest absolute Gasteiger partial charge is 0.239 e.